The molecule has 34 heavy (non-hydrogen) atoms. The molecule has 0 fully saturated rings. The van der Waals surface area contributed by atoms with Gasteiger partial charge in [-0.3, -0.25) is 4.79 Å². The molecule has 0 bridgehead atoms. The van der Waals surface area contributed by atoms with Gasteiger partial charge in [0.05, 0.1) is 11.8 Å². The molecule has 0 aliphatic heterocycles. The molecule has 1 nitrogen and oxygen atoms in total. The Labute approximate surface area is 219 Å². The molecule has 4 aromatic carbocycles. The van der Waals surface area contributed by atoms with Crippen molar-refractivity contribution >= 4 is 37.6 Å². The largest absolute Gasteiger partial charge is 0.298 e. The Morgan fingerprint density at radius 1 is 0.500 bits per heavy atom. The Morgan fingerprint density at radius 3 is 1.15 bits per heavy atom. The van der Waals surface area contributed by atoms with Gasteiger partial charge in [-0.25, -0.2) is 0 Å². The van der Waals surface area contributed by atoms with E-state index in [9.17, 15) is 4.79 Å². The van der Waals surface area contributed by atoms with Crippen molar-refractivity contribution in [3.63, 3.8) is 0 Å². The van der Waals surface area contributed by atoms with Crippen molar-refractivity contribution in [1.82, 2.24) is 0 Å². The number of alkyl halides is 2. The first-order valence-corrected chi connectivity index (χ1v) is 13.9. The molecule has 4 rings (SSSR count). The molecule has 2 unspecified atom stereocenters. The van der Waals surface area contributed by atoms with Crippen LogP contribution in [0, 0.1) is 0 Å². The monoisotopic (exact) mass is 574 g/mol. The summed E-state index contributed by atoms with van der Waals surface area (Å²) in [5.74, 6) is -0.489. The molecule has 0 saturated carbocycles. The fourth-order valence-corrected chi connectivity index (χ4v) is 5.39. The Hall–Kier alpha value is -2.49. The van der Waals surface area contributed by atoms with E-state index in [1.807, 2.05) is 36.4 Å². The van der Waals surface area contributed by atoms with Crippen LogP contribution in [0.3, 0.4) is 0 Å². The summed E-state index contributed by atoms with van der Waals surface area (Å²) in [6, 6.07) is 37.4. The molecular weight excluding hydrogens is 548 g/mol. The molecule has 0 spiro atoms. The third-order valence-corrected chi connectivity index (χ3v) is 7.02. The number of carbonyl (C=O) groups is 1. The van der Waals surface area contributed by atoms with E-state index in [1.54, 1.807) is 0 Å². The number of ketones is 1. The number of rotatable bonds is 10. The molecule has 3 heteroatoms. The fourth-order valence-electron chi connectivity index (χ4n) is 4.47. The number of benzene rings is 4. The summed E-state index contributed by atoms with van der Waals surface area (Å²) in [5.41, 5.74) is 6.65. The summed E-state index contributed by atoms with van der Waals surface area (Å²) in [7, 11) is 0. The van der Waals surface area contributed by atoms with Crippen molar-refractivity contribution in [2.24, 2.45) is 0 Å². The topological polar surface area (TPSA) is 17.1 Å². The molecule has 4 aromatic rings. The van der Waals surface area contributed by atoms with Crippen LogP contribution in [0.25, 0.3) is 0 Å². The summed E-state index contributed by atoms with van der Waals surface area (Å²) in [4.78, 5) is 14.5. The molecule has 172 valence electrons. The van der Waals surface area contributed by atoms with Gasteiger partial charge in [-0.05, 0) is 46.2 Å². The van der Waals surface area contributed by atoms with Gasteiger partial charge in [-0.1, -0.05) is 141 Å². The average molecular weight is 576 g/mol. The molecule has 0 saturated heterocycles. The van der Waals surface area contributed by atoms with Crippen LogP contribution in [-0.2, 0) is 17.6 Å². The van der Waals surface area contributed by atoms with Crippen LogP contribution >= 0.6 is 31.9 Å². The number of hydrogen-bond acceptors (Lipinski definition) is 1. The van der Waals surface area contributed by atoms with Crippen molar-refractivity contribution in [3.05, 3.63) is 143 Å². The van der Waals surface area contributed by atoms with Crippen LogP contribution in [-0.4, -0.2) is 16.4 Å². The second-order valence-corrected chi connectivity index (χ2v) is 10.0. The highest BCUT2D eigenvalue weighted by Gasteiger charge is 2.31. The average Bonchev–Trinajstić information content (AvgIpc) is 2.88. The first kappa shape index (κ1) is 24.6. The molecule has 0 radical (unpaired) electrons. The van der Waals surface area contributed by atoms with Gasteiger partial charge in [0.2, 0.25) is 0 Å². The third kappa shape index (κ3) is 5.95. The standard InChI is InChI=1S/C31H28Br2O/c32-21-19-23-11-15-27(16-12-23)29(25-7-3-1-4-8-25)31(34)30(26-9-5-2-6-10-26)28-17-13-24(14-18-28)20-22-33/h1-18,29-30H,19-22H2. The first-order valence-electron chi connectivity index (χ1n) is 11.6. The smallest absolute Gasteiger partial charge is 0.156 e. The molecule has 0 aliphatic carbocycles. The molecule has 0 aliphatic rings. The number of halogens is 2. The van der Waals surface area contributed by atoms with Crippen molar-refractivity contribution in [3.8, 4) is 0 Å². The zero-order valence-electron chi connectivity index (χ0n) is 19.0. The molecule has 0 amide bonds. The highest BCUT2D eigenvalue weighted by atomic mass is 79.9. The van der Waals surface area contributed by atoms with Crippen molar-refractivity contribution < 1.29 is 4.79 Å². The van der Waals surface area contributed by atoms with Gasteiger partial charge in [0.25, 0.3) is 0 Å². The predicted molar refractivity (Wildman–Crippen MR) is 149 cm³/mol. The summed E-state index contributed by atoms with van der Waals surface area (Å²) in [5, 5.41) is 1.85. The van der Waals surface area contributed by atoms with E-state index in [2.05, 4.69) is 105 Å². The quantitative estimate of drug-likeness (QED) is 0.175. The summed E-state index contributed by atoms with van der Waals surface area (Å²) >= 11 is 7.04. The molecule has 0 heterocycles. The number of hydrogen-bond donors (Lipinski definition) is 0. The molecule has 2 atom stereocenters. The maximum atomic E-state index is 14.5. The van der Waals surface area contributed by atoms with Gasteiger partial charge in [-0.2, -0.15) is 0 Å². The van der Waals surface area contributed by atoms with Gasteiger partial charge < -0.3 is 0 Å². The van der Waals surface area contributed by atoms with Crippen LogP contribution in [0.1, 0.15) is 45.2 Å². The highest BCUT2D eigenvalue weighted by Crippen LogP contribution is 2.36. The SMILES string of the molecule is O=C(C(c1ccccc1)c1ccc(CCBr)cc1)C(c1ccccc1)c1ccc(CCBr)cc1. The first-order chi connectivity index (χ1) is 16.7. The van der Waals surface area contributed by atoms with Crippen LogP contribution in [0.2, 0.25) is 0 Å². The van der Waals surface area contributed by atoms with Crippen molar-refractivity contribution in [2.45, 2.75) is 24.7 Å². The van der Waals surface area contributed by atoms with E-state index in [1.165, 1.54) is 11.1 Å². The molecule has 0 N–H and O–H groups in total. The molecular formula is C31H28Br2O. The van der Waals surface area contributed by atoms with E-state index >= 15 is 0 Å². The number of Topliss-reactive ketones (excluding diaryl/α,β-unsaturated/α-hetero) is 1. The minimum absolute atomic E-state index is 0.193. The van der Waals surface area contributed by atoms with Crippen LogP contribution in [0.5, 0.6) is 0 Å². The van der Waals surface area contributed by atoms with Crippen LogP contribution in [0.4, 0.5) is 0 Å². The lowest BCUT2D eigenvalue weighted by Crippen LogP contribution is -2.23. The minimum Gasteiger partial charge on any atom is -0.298 e. The Morgan fingerprint density at radius 2 is 0.824 bits per heavy atom. The minimum atomic E-state index is -0.341. The van der Waals surface area contributed by atoms with E-state index in [0.717, 1.165) is 45.8 Å². The highest BCUT2D eigenvalue weighted by molar-refractivity contribution is 9.09. The lowest BCUT2D eigenvalue weighted by molar-refractivity contribution is -0.120. The lowest BCUT2D eigenvalue weighted by Gasteiger charge is -2.25. The fraction of sp³-hybridized carbons (Fsp3) is 0.194. The van der Waals surface area contributed by atoms with E-state index in [0.29, 0.717) is 0 Å². The van der Waals surface area contributed by atoms with Crippen molar-refractivity contribution in [1.29, 1.82) is 0 Å². The number of carbonyl (C=O) groups excluding carboxylic acids is 1. The van der Waals surface area contributed by atoms with Gasteiger partial charge in [-0.15, -0.1) is 0 Å². The van der Waals surface area contributed by atoms with Crippen LogP contribution in [0.15, 0.2) is 109 Å². The lowest BCUT2D eigenvalue weighted by atomic mass is 9.77. The third-order valence-electron chi connectivity index (χ3n) is 6.23. The predicted octanol–water partition coefficient (Wildman–Crippen LogP) is 8.09. The Balaban J connectivity index is 1.79. The van der Waals surface area contributed by atoms with Gasteiger partial charge >= 0.3 is 0 Å². The Bertz CT molecular complexity index is 1070. The maximum Gasteiger partial charge on any atom is 0.156 e. The van der Waals surface area contributed by atoms with Crippen molar-refractivity contribution in [2.75, 3.05) is 10.7 Å². The van der Waals surface area contributed by atoms with Gasteiger partial charge in [0.15, 0.2) is 5.78 Å². The van der Waals surface area contributed by atoms with Crippen LogP contribution < -0.4 is 0 Å². The molecule has 0 aromatic heterocycles. The zero-order chi connectivity index (χ0) is 23.8. The second-order valence-electron chi connectivity index (χ2n) is 8.45. The normalized spacial score (nSPS) is 12.8. The summed E-state index contributed by atoms with van der Waals surface area (Å²) < 4.78 is 0. The second kappa shape index (κ2) is 12.3. The van der Waals surface area contributed by atoms with Gasteiger partial charge in [0, 0.05) is 10.7 Å². The van der Waals surface area contributed by atoms with E-state index in [4.69, 9.17) is 0 Å². The summed E-state index contributed by atoms with van der Waals surface area (Å²) in [6.07, 6.45) is 1.94. The Kier molecular flexibility index (Phi) is 8.90. The van der Waals surface area contributed by atoms with Gasteiger partial charge in [0.1, 0.15) is 0 Å². The maximum absolute atomic E-state index is 14.5. The zero-order valence-corrected chi connectivity index (χ0v) is 22.2. The number of aryl methyl sites for hydroxylation is 2. The van der Waals surface area contributed by atoms with E-state index in [-0.39, 0.29) is 17.6 Å². The van der Waals surface area contributed by atoms with E-state index < -0.39 is 0 Å². The summed E-state index contributed by atoms with van der Waals surface area (Å²) in [6.45, 7) is 0.